The van der Waals surface area contributed by atoms with E-state index in [1.165, 1.54) is 18.3 Å². The van der Waals surface area contributed by atoms with Crippen molar-refractivity contribution in [3.63, 3.8) is 0 Å². The quantitative estimate of drug-likeness (QED) is 0.562. The van der Waals surface area contributed by atoms with E-state index in [1.54, 1.807) is 0 Å². The Bertz CT molecular complexity index is 351. The maximum Gasteiger partial charge on any atom is 0.419 e. The molecule has 0 aromatic rings. The largest absolute Gasteiger partial charge is 0.419 e. The van der Waals surface area contributed by atoms with Crippen LogP contribution in [0.5, 0.6) is 0 Å². The van der Waals surface area contributed by atoms with Crippen LogP contribution >= 0.6 is 7.75 Å². The van der Waals surface area contributed by atoms with Gasteiger partial charge in [0.1, 0.15) is 11.0 Å². The van der Waals surface area contributed by atoms with E-state index in [0.717, 1.165) is 12.8 Å². The van der Waals surface area contributed by atoms with Gasteiger partial charge in [0.25, 0.3) is 0 Å². The third-order valence-corrected chi connectivity index (χ3v) is 7.06. The Morgan fingerprint density at radius 3 is 2.40 bits per heavy atom. The molecule has 7 heteroatoms. The summed E-state index contributed by atoms with van der Waals surface area (Å²) < 4.78 is 35.3. The van der Waals surface area contributed by atoms with Crippen molar-refractivity contribution >= 4 is 18.7 Å². The molecule has 0 aromatic heterocycles. The van der Waals surface area contributed by atoms with E-state index in [-0.39, 0.29) is 11.3 Å². The molecular weight excluding hydrogens is 237 g/mol. The van der Waals surface area contributed by atoms with Crippen LogP contribution in [0.1, 0.15) is 12.8 Å². The second kappa shape index (κ2) is 4.11. The summed E-state index contributed by atoms with van der Waals surface area (Å²) in [7, 11) is -2.05. The van der Waals surface area contributed by atoms with E-state index in [4.69, 9.17) is 9.05 Å². The van der Waals surface area contributed by atoms with Crippen LogP contribution in [-0.4, -0.2) is 33.8 Å². The predicted molar refractivity (Wildman–Crippen MR) is 57.6 cm³/mol. The lowest BCUT2D eigenvalue weighted by atomic mass is 10.0. The highest BCUT2D eigenvalue weighted by Crippen LogP contribution is 2.56. The highest BCUT2D eigenvalue weighted by Gasteiger charge is 2.47. The fourth-order valence-corrected chi connectivity index (χ4v) is 5.78. The van der Waals surface area contributed by atoms with Gasteiger partial charge in [0.05, 0.1) is 11.3 Å². The number of rotatable bonds is 3. The lowest BCUT2D eigenvalue weighted by Crippen LogP contribution is -2.46. The van der Waals surface area contributed by atoms with Gasteiger partial charge in [-0.2, -0.15) is 0 Å². The second-order valence-corrected chi connectivity index (χ2v) is 7.40. The summed E-state index contributed by atoms with van der Waals surface area (Å²) in [5.74, 6) is 0. The Hall–Kier alpha value is -0.0000000000000000555. The molecular formula is C8H14NO4PS. The van der Waals surface area contributed by atoms with Crippen molar-refractivity contribution in [2.24, 2.45) is 0 Å². The van der Waals surface area contributed by atoms with Gasteiger partial charge in [-0.25, -0.2) is 8.77 Å². The molecule has 3 rings (SSSR count). The molecule has 15 heavy (non-hydrogen) atoms. The fourth-order valence-electron chi connectivity index (χ4n) is 1.92. The SMILES string of the molecule is COP(=O)(OC)N1[C@@H]2C=C[C@@H](CC2)S1=O. The molecule has 3 atom stereocenters. The maximum absolute atomic E-state index is 12.2. The predicted octanol–water partition coefficient (Wildman–Crippen LogP) is 1.45. The van der Waals surface area contributed by atoms with Crippen molar-refractivity contribution in [2.45, 2.75) is 24.1 Å². The summed E-state index contributed by atoms with van der Waals surface area (Å²) in [4.78, 5) is 0. The first kappa shape index (κ1) is 11.5. The van der Waals surface area contributed by atoms with Gasteiger partial charge < -0.3 is 0 Å². The normalized spacial score (nSPS) is 36.0. The van der Waals surface area contributed by atoms with E-state index >= 15 is 0 Å². The van der Waals surface area contributed by atoms with Crippen LogP contribution in [-0.2, 0) is 24.6 Å². The molecule has 2 heterocycles. The lowest BCUT2D eigenvalue weighted by Gasteiger charge is -2.41. The number of hydrogen-bond donors (Lipinski definition) is 0. The Balaban J connectivity index is 2.34. The van der Waals surface area contributed by atoms with Crippen LogP contribution in [0.4, 0.5) is 0 Å². The average Bonchev–Trinajstić information content (AvgIpc) is 2.29. The molecule has 1 unspecified atom stereocenters. The number of fused-ring (bicyclic) bond motifs is 2. The first-order valence-electron chi connectivity index (χ1n) is 4.72. The zero-order valence-electron chi connectivity index (χ0n) is 8.66. The highest BCUT2D eigenvalue weighted by molar-refractivity contribution is 7.89. The summed E-state index contributed by atoms with van der Waals surface area (Å²) in [6.45, 7) is 0. The van der Waals surface area contributed by atoms with Crippen LogP contribution in [0.2, 0.25) is 0 Å². The number of nitrogens with zero attached hydrogens (tertiary/aromatic N) is 1. The molecule has 0 spiro atoms. The van der Waals surface area contributed by atoms with Crippen molar-refractivity contribution in [3.8, 4) is 0 Å². The van der Waals surface area contributed by atoms with Gasteiger partial charge in [0.15, 0.2) is 0 Å². The summed E-state index contributed by atoms with van der Waals surface area (Å²) in [5.41, 5.74) is 0. The fraction of sp³-hybridized carbons (Fsp3) is 0.750. The summed E-state index contributed by atoms with van der Waals surface area (Å²) in [6, 6.07) is -0.0958. The van der Waals surface area contributed by atoms with Crippen LogP contribution in [0, 0.1) is 0 Å². The molecule has 0 saturated carbocycles. The maximum atomic E-state index is 12.2. The molecule has 0 aromatic carbocycles. The van der Waals surface area contributed by atoms with Crippen molar-refractivity contribution in [3.05, 3.63) is 12.2 Å². The molecule has 1 saturated heterocycles. The Kier molecular flexibility index (Phi) is 3.14. The van der Waals surface area contributed by atoms with Crippen molar-refractivity contribution in [2.75, 3.05) is 14.2 Å². The van der Waals surface area contributed by atoms with Gasteiger partial charge in [-0.15, -0.1) is 4.08 Å². The van der Waals surface area contributed by atoms with E-state index in [0.29, 0.717) is 0 Å². The van der Waals surface area contributed by atoms with Gasteiger partial charge in [0.2, 0.25) is 0 Å². The molecule has 0 amide bonds. The minimum atomic E-state index is -3.37. The zero-order valence-corrected chi connectivity index (χ0v) is 10.4. The number of hydrogen-bond acceptors (Lipinski definition) is 4. The minimum absolute atomic E-state index is 0.0476. The second-order valence-electron chi connectivity index (χ2n) is 3.48. The Morgan fingerprint density at radius 2 is 2.00 bits per heavy atom. The third-order valence-electron chi connectivity index (χ3n) is 2.72. The topological polar surface area (TPSA) is 55.8 Å². The summed E-state index contributed by atoms with van der Waals surface area (Å²) >= 11 is 0. The molecule has 1 aliphatic carbocycles. The molecule has 0 N–H and O–H groups in total. The molecule has 2 aliphatic heterocycles. The van der Waals surface area contributed by atoms with Gasteiger partial charge in [0, 0.05) is 14.2 Å². The van der Waals surface area contributed by atoms with E-state index in [9.17, 15) is 8.77 Å². The molecule has 0 radical (unpaired) electrons. The zero-order chi connectivity index (χ0) is 11.1. The van der Waals surface area contributed by atoms with E-state index in [1.807, 2.05) is 12.2 Å². The van der Waals surface area contributed by atoms with Crippen LogP contribution in [0.3, 0.4) is 0 Å². The van der Waals surface area contributed by atoms with Crippen molar-refractivity contribution < 1.29 is 17.8 Å². The van der Waals surface area contributed by atoms with E-state index in [2.05, 4.69) is 0 Å². The smallest absolute Gasteiger partial charge is 0.299 e. The first-order valence-corrected chi connectivity index (χ1v) is 7.39. The van der Waals surface area contributed by atoms with Crippen molar-refractivity contribution in [1.82, 2.24) is 4.08 Å². The first-order chi connectivity index (χ1) is 7.12. The average molecular weight is 251 g/mol. The third kappa shape index (κ3) is 1.74. The van der Waals surface area contributed by atoms with Crippen LogP contribution in [0.15, 0.2) is 12.2 Å². The molecule has 2 bridgehead atoms. The van der Waals surface area contributed by atoms with Crippen LogP contribution < -0.4 is 0 Å². The van der Waals surface area contributed by atoms with E-state index < -0.39 is 18.7 Å². The van der Waals surface area contributed by atoms with Crippen molar-refractivity contribution in [1.29, 1.82) is 0 Å². The van der Waals surface area contributed by atoms with Gasteiger partial charge in [-0.3, -0.25) is 9.05 Å². The Morgan fingerprint density at radius 1 is 1.33 bits per heavy atom. The standard InChI is InChI=1S/C8H14NO4PS/c1-12-14(10,13-2)9-7-3-5-8(6-4-7)15(9)11/h3,5,7-8H,4,6H2,1-2H3/t7-,8+,15?/m1/s1. The molecule has 86 valence electrons. The summed E-state index contributed by atoms with van der Waals surface area (Å²) in [6.07, 6.45) is 5.58. The molecule has 5 nitrogen and oxygen atoms in total. The Labute approximate surface area is 91.6 Å². The lowest BCUT2D eigenvalue weighted by molar-refractivity contribution is 0.226. The van der Waals surface area contributed by atoms with Gasteiger partial charge >= 0.3 is 7.75 Å². The molecule has 3 aliphatic rings. The highest BCUT2D eigenvalue weighted by atomic mass is 32.2. The van der Waals surface area contributed by atoms with Gasteiger partial charge in [-0.1, -0.05) is 12.2 Å². The van der Waals surface area contributed by atoms with Gasteiger partial charge in [-0.05, 0) is 12.8 Å². The monoisotopic (exact) mass is 251 g/mol. The summed E-state index contributed by atoms with van der Waals surface area (Å²) in [5, 5.41) is -0.0476. The minimum Gasteiger partial charge on any atom is -0.299 e. The van der Waals surface area contributed by atoms with Crippen LogP contribution in [0.25, 0.3) is 0 Å². The molecule has 1 fully saturated rings.